The first kappa shape index (κ1) is 13.6. The molecule has 0 saturated carbocycles. The summed E-state index contributed by atoms with van der Waals surface area (Å²) in [5, 5.41) is 12.3. The predicted octanol–water partition coefficient (Wildman–Crippen LogP) is 3.94. The quantitative estimate of drug-likeness (QED) is 0.924. The summed E-state index contributed by atoms with van der Waals surface area (Å²) in [5.74, 6) is 2.19. The lowest BCUT2D eigenvalue weighted by molar-refractivity contribution is 0.589. The van der Waals surface area contributed by atoms with Crippen LogP contribution in [0, 0.1) is 0 Å². The van der Waals surface area contributed by atoms with Gasteiger partial charge in [-0.1, -0.05) is 22.4 Å². The van der Waals surface area contributed by atoms with Gasteiger partial charge in [-0.15, -0.1) is 10.2 Å². The molecule has 0 saturated heterocycles. The SMILES string of the molecule is C[C@H](Nc1ccc(Br)cc1)c1nnc2n1CCCCC2. The Bertz CT molecular complexity index is 576. The van der Waals surface area contributed by atoms with Gasteiger partial charge in [-0.3, -0.25) is 0 Å². The summed E-state index contributed by atoms with van der Waals surface area (Å²) in [6.45, 7) is 3.19. The highest BCUT2D eigenvalue weighted by molar-refractivity contribution is 9.10. The van der Waals surface area contributed by atoms with E-state index >= 15 is 0 Å². The van der Waals surface area contributed by atoms with Crippen LogP contribution in [-0.4, -0.2) is 14.8 Å². The minimum Gasteiger partial charge on any atom is -0.375 e. The van der Waals surface area contributed by atoms with Crippen molar-refractivity contribution in [3.8, 4) is 0 Å². The van der Waals surface area contributed by atoms with E-state index in [1.54, 1.807) is 0 Å². The molecule has 0 spiro atoms. The number of benzene rings is 1. The average Bonchev–Trinajstić information content (AvgIpc) is 2.71. The zero-order valence-corrected chi connectivity index (χ0v) is 13.2. The fourth-order valence-electron chi connectivity index (χ4n) is 2.69. The third-order valence-electron chi connectivity index (χ3n) is 3.75. The maximum atomic E-state index is 4.39. The van der Waals surface area contributed by atoms with E-state index in [0.29, 0.717) is 0 Å². The molecule has 2 heterocycles. The maximum Gasteiger partial charge on any atom is 0.155 e. The number of nitrogens with zero attached hydrogens (tertiary/aromatic N) is 3. The molecule has 1 aliphatic heterocycles. The van der Waals surface area contributed by atoms with Gasteiger partial charge in [0.1, 0.15) is 5.82 Å². The van der Waals surface area contributed by atoms with Crippen LogP contribution >= 0.6 is 15.9 Å². The Kier molecular flexibility index (Phi) is 4.05. The highest BCUT2D eigenvalue weighted by atomic mass is 79.9. The van der Waals surface area contributed by atoms with Crippen molar-refractivity contribution >= 4 is 21.6 Å². The van der Waals surface area contributed by atoms with Gasteiger partial charge in [-0.25, -0.2) is 0 Å². The fourth-order valence-corrected chi connectivity index (χ4v) is 2.95. The molecule has 3 rings (SSSR count). The molecule has 4 nitrogen and oxygen atoms in total. The summed E-state index contributed by atoms with van der Waals surface area (Å²) in [6.07, 6.45) is 4.80. The number of aryl methyl sites for hydroxylation is 1. The Morgan fingerprint density at radius 2 is 1.95 bits per heavy atom. The molecule has 2 aromatic rings. The third-order valence-corrected chi connectivity index (χ3v) is 4.28. The molecule has 106 valence electrons. The van der Waals surface area contributed by atoms with Crippen molar-refractivity contribution in [2.45, 2.75) is 45.2 Å². The predicted molar refractivity (Wildman–Crippen MR) is 83.8 cm³/mol. The van der Waals surface area contributed by atoms with Gasteiger partial charge >= 0.3 is 0 Å². The molecular weight excluding hydrogens is 316 g/mol. The molecule has 0 radical (unpaired) electrons. The van der Waals surface area contributed by atoms with Crippen LogP contribution < -0.4 is 5.32 Å². The second kappa shape index (κ2) is 5.95. The van der Waals surface area contributed by atoms with Crippen molar-refractivity contribution in [1.82, 2.24) is 14.8 Å². The largest absolute Gasteiger partial charge is 0.375 e. The highest BCUT2D eigenvalue weighted by Crippen LogP contribution is 2.22. The molecule has 1 atom stereocenters. The Balaban J connectivity index is 1.78. The Morgan fingerprint density at radius 3 is 2.75 bits per heavy atom. The van der Waals surface area contributed by atoms with Gasteiger partial charge in [-0.05, 0) is 44.0 Å². The molecule has 1 aliphatic rings. The third kappa shape index (κ3) is 2.87. The molecular formula is C15H19BrN4. The number of nitrogens with one attached hydrogen (secondary N) is 1. The smallest absolute Gasteiger partial charge is 0.155 e. The minimum atomic E-state index is 0.163. The Hall–Kier alpha value is -1.36. The lowest BCUT2D eigenvalue weighted by atomic mass is 10.2. The van der Waals surface area contributed by atoms with Crippen molar-refractivity contribution < 1.29 is 0 Å². The Morgan fingerprint density at radius 1 is 1.15 bits per heavy atom. The van der Waals surface area contributed by atoms with E-state index in [2.05, 4.69) is 55.1 Å². The Labute approximate surface area is 127 Å². The van der Waals surface area contributed by atoms with Crippen molar-refractivity contribution in [3.05, 3.63) is 40.4 Å². The summed E-state index contributed by atoms with van der Waals surface area (Å²) >= 11 is 3.45. The first-order valence-electron chi connectivity index (χ1n) is 7.18. The minimum absolute atomic E-state index is 0.163. The topological polar surface area (TPSA) is 42.7 Å². The van der Waals surface area contributed by atoms with Gasteiger partial charge in [-0.2, -0.15) is 0 Å². The number of aromatic nitrogens is 3. The maximum absolute atomic E-state index is 4.39. The number of halogens is 1. The second-order valence-electron chi connectivity index (χ2n) is 5.31. The first-order valence-corrected chi connectivity index (χ1v) is 7.97. The lowest BCUT2D eigenvalue weighted by Gasteiger charge is -2.16. The van der Waals surface area contributed by atoms with Crippen molar-refractivity contribution in [3.63, 3.8) is 0 Å². The number of rotatable bonds is 3. The zero-order chi connectivity index (χ0) is 13.9. The standard InChI is InChI=1S/C15H19BrN4/c1-11(17-13-8-6-12(16)7-9-13)15-19-18-14-5-3-2-4-10-20(14)15/h6-9,11,17H,2-5,10H2,1H3/t11-/m0/s1. The van der Waals surface area contributed by atoms with Crippen LogP contribution in [0.4, 0.5) is 5.69 Å². The molecule has 1 aromatic heterocycles. The normalized spacial score (nSPS) is 16.3. The van der Waals surface area contributed by atoms with E-state index in [9.17, 15) is 0 Å². The van der Waals surface area contributed by atoms with E-state index in [0.717, 1.165) is 34.8 Å². The molecule has 0 unspecified atom stereocenters. The van der Waals surface area contributed by atoms with Gasteiger partial charge in [0.2, 0.25) is 0 Å². The van der Waals surface area contributed by atoms with Gasteiger partial charge < -0.3 is 9.88 Å². The van der Waals surface area contributed by atoms with E-state index in [-0.39, 0.29) is 6.04 Å². The molecule has 0 amide bonds. The highest BCUT2D eigenvalue weighted by Gasteiger charge is 2.18. The number of hydrogen-bond acceptors (Lipinski definition) is 3. The second-order valence-corrected chi connectivity index (χ2v) is 6.23. The van der Waals surface area contributed by atoms with Gasteiger partial charge in [0.15, 0.2) is 5.82 Å². The van der Waals surface area contributed by atoms with Crippen molar-refractivity contribution in [2.75, 3.05) is 5.32 Å². The van der Waals surface area contributed by atoms with Crippen molar-refractivity contribution in [2.24, 2.45) is 0 Å². The fraction of sp³-hybridized carbons (Fsp3) is 0.467. The molecule has 0 fully saturated rings. The van der Waals surface area contributed by atoms with E-state index in [4.69, 9.17) is 0 Å². The van der Waals surface area contributed by atoms with Crippen LogP contribution in [0.15, 0.2) is 28.7 Å². The van der Waals surface area contributed by atoms with E-state index < -0.39 is 0 Å². The van der Waals surface area contributed by atoms with Gasteiger partial charge in [0.25, 0.3) is 0 Å². The van der Waals surface area contributed by atoms with Gasteiger partial charge in [0.05, 0.1) is 6.04 Å². The average molecular weight is 335 g/mol. The zero-order valence-electron chi connectivity index (χ0n) is 11.6. The van der Waals surface area contributed by atoms with Crippen LogP contribution in [0.3, 0.4) is 0 Å². The summed E-state index contributed by atoms with van der Waals surface area (Å²) in [6, 6.07) is 8.38. The van der Waals surface area contributed by atoms with Gasteiger partial charge in [0, 0.05) is 23.1 Å². The number of anilines is 1. The van der Waals surface area contributed by atoms with Crippen molar-refractivity contribution in [1.29, 1.82) is 0 Å². The molecule has 0 aliphatic carbocycles. The monoisotopic (exact) mass is 334 g/mol. The summed E-state index contributed by atoms with van der Waals surface area (Å²) in [5.41, 5.74) is 1.10. The molecule has 0 bridgehead atoms. The molecule has 5 heteroatoms. The van der Waals surface area contributed by atoms with E-state index in [1.165, 1.54) is 19.3 Å². The number of hydrogen-bond donors (Lipinski definition) is 1. The van der Waals surface area contributed by atoms with Crippen LogP contribution in [0.1, 0.15) is 43.9 Å². The summed E-state index contributed by atoms with van der Waals surface area (Å²) < 4.78 is 3.39. The van der Waals surface area contributed by atoms with Crippen LogP contribution in [0.2, 0.25) is 0 Å². The van der Waals surface area contributed by atoms with Crippen LogP contribution in [0.5, 0.6) is 0 Å². The van der Waals surface area contributed by atoms with E-state index in [1.807, 2.05) is 12.1 Å². The summed E-state index contributed by atoms with van der Waals surface area (Å²) in [4.78, 5) is 0. The van der Waals surface area contributed by atoms with Crippen LogP contribution in [0.25, 0.3) is 0 Å². The molecule has 20 heavy (non-hydrogen) atoms. The molecule has 1 N–H and O–H groups in total. The number of fused-ring (bicyclic) bond motifs is 1. The summed E-state index contributed by atoms with van der Waals surface area (Å²) in [7, 11) is 0. The lowest BCUT2D eigenvalue weighted by Crippen LogP contribution is -2.14. The molecule has 1 aromatic carbocycles. The van der Waals surface area contributed by atoms with Crippen LogP contribution in [-0.2, 0) is 13.0 Å². The first-order chi connectivity index (χ1) is 9.74.